The van der Waals surface area contributed by atoms with E-state index in [1.54, 1.807) is 48.2 Å². The summed E-state index contributed by atoms with van der Waals surface area (Å²) in [5.41, 5.74) is 6.23. The molecule has 162 valence electrons. The highest BCUT2D eigenvalue weighted by Crippen LogP contribution is 2.27. The number of methoxy groups -OCH3 is 1. The number of carbonyl (C=O) groups excluding carboxylic acids is 2. The van der Waals surface area contributed by atoms with Crippen LogP contribution in [-0.4, -0.2) is 35.9 Å². The maximum Gasteiger partial charge on any atom is 0.304 e. The SMILES string of the molecule is COc1ccc(C(=O)N[C@@H]2C(=O)N/[N+](=C\c3ccc(C)cc3)[C@H]2c2ccc(Cl)cc2)cc1. The number of benzene rings is 3. The first-order chi connectivity index (χ1) is 15.4. The van der Waals surface area contributed by atoms with Crippen molar-refractivity contribution in [3.05, 3.63) is 100 Å². The van der Waals surface area contributed by atoms with Crippen LogP contribution in [0.3, 0.4) is 0 Å². The van der Waals surface area contributed by atoms with Gasteiger partial charge in [0.2, 0.25) is 12.3 Å². The van der Waals surface area contributed by atoms with Crippen LogP contribution >= 0.6 is 11.6 Å². The molecule has 1 saturated heterocycles. The van der Waals surface area contributed by atoms with Crippen LogP contribution in [-0.2, 0) is 4.79 Å². The van der Waals surface area contributed by atoms with E-state index >= 15 is 0 Å². The van der Waals surface area contributed by atoms with Crippen LogP contribution in [0, 0.1) is 6.92 Å². The van der Waals surface area contributed by atoms with Crippen LogP contribution in [0.2, 0.25) is 5.02 Å². The average Bonchev–Trinajstić information content (AvgIpc) is 3.10. The van der Waals surface area contributed by atoms with E-state index < -0.39 is 12.1 Å². The second-order valence-electron chi connectivity index (χ2n) is 7.60. The zero-order valence-corrected chi connectivity index (χ0v) is 18.5. The van der Waals surface area contributed by atoms with Gasteiger partial charge in [0.15, 0.2) is 6.04 Å². The molecular weight excluding hydrogens is 426 g/mol. The first-order valence-electron chi connectivity index (χ1n) is 10.2. The number of aryl methyl sites for hydroxylation is 1. The predicted octanol–water partition coefficient (Wildman–Crippen LogP) is 3.67. The molecule has 4 rings (SSSR count). The number of hydrogen-bond donors (Lipinski definition) is 2. The second-order valence-corrected chi connectivity index (χ2v) is 8.04. The Morgan fingerprint density at radius 3 is 2.31 bits per heavy atom. The zero-order valence-electron chi connectivity index (χ0n) is 17.7. The molecule has 0 aromatic heterocycles. The van der Waals surface area contributed by atoms with Gasteiger partial charge in [0.25, 0.3) is 5.91 Å². The highest BCUT2D eigenvalue weighted by Gasteiger charge is 2.47. The lowest BCUT2D eigenvalue weighted by molar-refractivity contribution is -0.596. The normalized spacial score (nSPS) is 19.0. The topological polar surface area (TPSA) is 70.4 Å². The van der Waals surface area contributed by atoms with Crippen molar-refractivity contribution in [3.63, 3.8) is 0 Å². The van der Waals surface area contributed by atoms with E-state index in [0.717, 1.165) is 16.7 Å². The number of hydrogen-bond acceptors (Lipinski definition) is 3. The van der Waals surface area contributed by atoms with Gasteiger partial charge in [0.05, 0.1) is 7.11 Å². The number of carbonyl (C=O) groups is 2. The number of nitrogens with one attached hydrogen (secondary N) is 2. The molecule has 3 aromatic carbocycles. The van der Waals surface area contributed by atoms with Crippen LogP contribution in [0.5, 0.6) is 5.75 Å². The van der Waals surface area contributed by atoms with E-state index in [9.17, 15) is 9.59 Å². The molecule has 0 aliphatic carbocycles. The van der Waals surface area contributed by atoms with E-state index in [-0.39, 0.29) is 11.8 Å². The molecule has 0 bridgehead atoms. The third-order valence-electron chi connectivity index (χ3n) is 5.35. The summed E-state index contributed by atoms with van der Waals surface area (Å²) in [4.78, 5) is 25.8. The summed E-state index contributed by atoms with van der Waals surface area (Å²) in [6.45, 7) is 2.02. The van der Waals surface area contributed by atoms with E-state index in [0.29, 0.717) is 16.3 Å². The molecule has 2 amide bonds. The molecule has 0 unspecified atom stereocenters. The van der Waals surface area contributed by atoms with Crippen molar-refractivity contribution in [2.75, 3.05) is 7.11 Å². The van der Waals surface area contributed by atoms with Gasteiger partial charge in [0.1, 0.15) is 5.75 Å². The molecular formula is C25H23ClN3O3+. The van der Waals surface area contributed by atoms with Gasteiger partial charge < -0.3 is 10.1 Å². The number of hydrazone groups is 1. The Balaban J connectivity index is 1.67. The molecule has 1 aliphatic heterocycles. The maximum atomic E-state index is 12.9. The lowest BCUT2D eigenvalue weighted by Gasteiger charge is -2.15. The van der Waals surface area contributed by atoms with E-state index in [1.165, 1.54) is 0 Å². The molecule has 1 heterocycles. The van der Waals surface area contributed by atoms with E-state index in [1.807, 2.05) is 49.5 Å². The van der Waals surface area contributed by atoms with Gasteiger partial charge >= 0.3 is 5.91 Å². The lowest BCUT2D eigenvalue weighted by Crippen LogP contribution is -2.42. The van der Waals surface area contributed by atoms with Gasteiger partial charge in [-0.15, -0.1) is 10.1 Å². The summed E-state index contributed by atoms with van der Waals surface area (Å²) in [5.74, 6) is 0.0113. The molecule has 2 N–H and O–H groups in total. The number of hydrazine groups is 1. The number of amides is 2. The molecule has 3 aromatic rings. The van der Waals surface area contributed by atoms with Crippen molar-refractivity contribution < 1.29 is 19.0 Å². The van der Waals surface area contributed by atoms with Crippen molar-refractivity contribution in [1.82, 2.24) is 10.7 Å². The highest BCUT2D eigenvalue weighted by atomic mass is 35.5. The minimum absolute atomic E-state index is 0.296. The fourth-order valence-corrected chi connectivity index (χ4v) is 3.75. The minimum atomic E-state index is -0.799. The Kier molecular flexibility index (Phi) is 6.23. The predicted molar refractivity (Wildman–Crippen MR) is 123 cm³/mol. The van der Waals surface area contributed by atoms with Gasteiger partial charge in [-0.05, 0) is 55.5 Å². The third kappa shape index (κ3) is 4.65. The first-order valence-corrected chi connectivity index (χ1v) is 10.5. The van der Waals surface area contributed by atoms with Crippen molar-refractivity contribution in [2.45, 2.75) is 19.0 Å². The second kappa shape index (κ2) is 9.24. The summed E-state index contributed by atoms with van der Waals surface area (Å²) in [6, 6.07) is 20.7. The molecule has 7 heteroatoms. The van der Waals surface area contributed by atoms with Crippen LogP contribution in [0.25, 0.3) is 0 Å². The molecule has 1 fully saturated rings. The first kappa shape index (κ1) is 21.6. The van der Waals surface area contributed by atoms with Gasteiger partial charge in [-0.1, -0.05) is 41.4 Å². The summed E-state index contributed by atoms with van der Waals surface area (Å²) in [5, 5.41) is 3.48. The summed E-state index contributed by atoms with van der Waals surface area (Å²) >= 11 is 6.07. The fourth-order valence-electron chi connectivity index (χ4n) is 3.62. The summed E-state index contributed by atoms with van der Waals surface area (Å²) in [6.07, 6.45) is 1.86. The standard InChI is InChI=1S/C25H22ClN3O3/c1-16-3-5-17(6-4-16)15-29-23(18-7-11-20(26)12-8-18)22(25(31)28-29)27-24(30)19-9-13-21(32-2)14-10-19/h3-15,22-23H,1-2H3,(H-,27,28,30,31)/p+1/b29-15-/t22-,23-/m0/s1. The van der Waals surface area contributed by atoms with Crippen LogP contribution in [0.1, 0.15) is 33.1 Å². The monoisotopic (exact) mass is 448 g/mol. The molecule has 32 heavy (non-hydrogen) atoms. The van der Waals surface area contributed by atoms with Crippen LogP contribution in [0.4, 0.5) is 0 Å². The Hall–Kier alpha value is -3.64. The lowest BCUT2D eigenvalue weighted by atomic mass is 9.99. The van der Waals surface area contributed by atoms with Crippen molar-refractivity contribution in [1.29, 1.82) is 0 Å². The number of halogens is 1. The molecule has 2 atom stereocenters. The zero-order chi connectivity index (χ0) is 22.7. The number of nitrogens with zero attached hydrogens (tertiary/aromatic N) is 1. The Labute approximate surface area is 191 Å². The van der Waals surface area contributed by atoms with Gasteiger partial charge in [-0.25, -0.2) is 0 Å². The fraction of sp³-hybridized carbons (Fsp3) is 0.160. The van der Waals surface area contributed by atoms with Gasteiger partial charge in [-0.3, -0.25) is 9.59 Å². The van der Waals surface area contributed by atoms with Crippen molar-refractivity contribution in [2.24, 2.45) is 0 Å². The molecule has 0 spiro atoms. The van der Waals surface area contributed by atoms with Crippen LogP contribution in [0.15, 0.2) is 72.8 Å². The van der Waals surface area contributed by atoms with Gasteiger partial charge in [-0.2, -0.15) is 0 Å². The van der Waals surface area contributed by atoms with E-state index in [4.69, 9.17) is 16.3 Å². The molecule has 1 aliphatic rings. The van der Waals surface area contributed by atoms with E-state index in [2.05, 4.69) is 10.7 Å². The van der Waals surface area contributed by atoms with Crippen molar-refractivity contribution >= 4 is 29.6 Å². The Bertz CT molecular complexity index is 1160. The smallest absolute Gasteiger partial charge is 0.304 e. The quantitative estimate of drug-likeness (QED) is 0.585. The highest BCUT2D eigenvalue weighted by molar-refractivity contribution is 6.30. The van der Waals surface area contributed by atoms with Crippen LogP contribution < -0.4 is 15.5 Å². The molecule has 6 nitrogen and oxygen atoms in total. The third-order valence-corrected chi connectivity index (χ3v) is 5.61. The number of ether oxygens (including phenoxy) is 1. The number of rotatable bonds is 5. The van der Waals surface area contributed by atoms with Gasteiger partial charge in [0, 0.05) is 21.7 Å². The Morgan fingerprint density at radius 2 is 1.69 bits per heavy atom. The maximum absolute atomic E-state index is 12.9. The summed E-state index contributed by atoms with van der Waals surface area (Å²) < 4.78 is 6.88. The summed E-state index contributed by atoms with van der Waals surface area (Å²) in [7, 11) is 1.56. The van der Waals surface area contributed by atoms with Crippen molar-refractivity contribution in [3.8, 4) is 5.75 Å². The molecule has 0 radical (unpaired) electrons. The largest absolute Gasteiger partial charge is 0.497 e. The Morgan fingerprint density at radius 1 is 1.03 bits per heavy atom. The average molecular weight is 449 g/mol. The molecule has 0 saturated carbocycles. The minimum Gasteiger partial charge on any atom is -0.497 e.